The van der Waals surface area contributed by atoms with Crippen molar-refractivity contribution in [3.63, 3.8) is 0 Å². The SMILES string of the molecule is CC(=O)OC(P=O)C(=O)O. The molecule has 6 heteroatoms. The van der Waals surface area contributed by atoms with Crippen LogP contribution < -0.4 is 0 Å². The quantitative estimate of drug-likeness (QED) is 0.477. The summed E-state index contributed by atoms with van der Waals surface area (Å²) in [6.07, 6.45) is 0. The molecule has 0 fully saturated rings. The van der Waals surface area contributed by atoms with Gasteiger partial charge >= 0.3 is 11.9 Å². The molecule has 0 heterocycles. The number of carbonyl (C=O) groups is 2. The fraction of sp³-hybridized carbons (Fsp3) is 0.500. The normalized spacial score (nSPS) is 12.5. The molecule has 0 bridgehead atoms. The number of carboxylic acid groups (broad SMARTS) is 1. The van der Waals surface area contributed by atoms with Crippen molar-refractivity contribution in [2.24, 2.45) is 0 Å². The minimum absolute atomic E-state index is 0.728. The first-order valence-electron chi connectivity index (χ1n) is 2.30. The summed E-state index contributed by atoms with van der Waals surface area (Å²) in [5.74, 6) is -3.76. The summed E-state index contributed by atoms with van der Waals surface area (Å²) in [5, 5.41) is 8.14. The van der Waals surface area contributed by atoms with Crippen LogP contribution in [-0.4, -0.2) is 22.9 Å². The Bertz CT molecular complexity index is 165. The number of carboxylic acids is 1. The minimum atomic E-state index is -1.57. The number of carbonyl (C=O) groups excluding carboxylic acids is 1. The summed E-state index contributed by atoms with van der Waals surface area (Å²) < 4.78 is 14.0. The molecular formula is C4H5O5P. The lowest BCUT2D eigenvalue weighted by Crippen LogP contribution is -2.19. The van der Waals surface area contributed by atoms with E-state index >= 15 is 0 Å². The van der Waals surface area contributed by atoms with Gasteiger partial charge < -0.3 is 9.84 Å². The lowest BCUT2D eigenvalue weighted by Gasteiger charge is -2.01. The van der Waals surface area contributed by atoms with Crippen LogP contribution in [0.15, 0.2) is 0 Å². The summed E-state index contributed by atoms with van der Waals surface area (Å²) in [6, 6.07) is 0. The molecule has 5 nitrogen and oxygen atoms in total. The van der Waals surface area contributed by atoms with Gasteiger partial charge in [0.05, 0.1) is 0 Å². The molecule has 0 saturated carbocycles. The van der Waals surface area contributed by atoms with Gasteiger partial charge in [-0.15, -0.1) is 0 Å². The third kappa shape index (κ3) is 3.14. The van der Waals surface area contributed by atoms with Crippen LogP contribution in [0.2, 0.25) is 0 Å². The Labute approximate surface area is 58.2 Å². The van der Waals surface area contributed by atoms with E-state index in [1.807, 2.05) is 0 Å². The van der Waals surface area contributed by atoms with E-state index in [0.717, 1.165) is 6.92 Å². The Morgan fingerprint density at radius 2 is 2.10 bits per heavy atom. The second kappa shape index (κ2) is 3.95. The average molecular weight is 164 g/mol. The van der Waals surface area contributed by atoms with Crippen LogP contribution in [0.3, 0.4) is 0 Å². The molecule has 0 aromatic heterocycles. The first-order chi connectivity index (χ1) is 4.57. The molecule has 0 aromatic carbocycles. The van der Waals surface area contributed by atoms with Crippen molar-refractivity contribution >= 4 is 20.4 Å². The smallest absolute Gasteiger partial charge is 0.357 e. The van der Waals surface area contributed by atoms with E-state index in [9.17, 15) is 14.2 Å². The van der Waals surface area contributed by atoms with E-state index in [-0.39, 0.29) is 0 Å². The van der Waals surface area contributed by atoms with Crippen LogP contribution in [0.1, 0.15) is 6.92 Å². The molecule has 0 saturated heterocycles. The predicted molar refractivity (Wildman–Crippen MR) is 30.8 cm³/mol. The van der Waals surface area contributed by atoms with E-state index in [0.29, 0.717) is 0 Å². The number of hydrogen-bond donors (Lipinski definition) is 1. The zero-order valence-electron chi connectivity index (χ0n) is 5.10. The number of esters is 1. The lowest BCUT2D eigenvalue weighted by atomic mass is 10.7. The third-order valence-electron chi connectivity index (χ3n) is 0.585. The van der Waals surface area contributed by atoms with Gasteiger partial charge in [0, 0.05) is 6.92 Å². The molecule has 10 heavy (non-hydrogen) atoms. The van der Waals surface area contributed by atoms with Crippen molar-refractivity contribution in [1.29, 1.82) is 0 Å². The van der Waals surface area contributed by atoms with E-state index in [4.69, 9.17) is 5.11 Å². The highest BCUT2D eigenvalue weighted by Gasteiger charge is 2.19. The zero-order valence-corrected chi connectivity index (χ0v) is 6.00. The number of ether oxygens (including phenoxy) is 1. The van der Waals surface area contributed by atoms with Crippen LogP contribution in [0.5, 0.6) is 0 Å². The molecule has 0 aliphatic heterocycles. The van der Waals surface area contributed by atoms with E-state index in [1.165, 1.54) is 0 Å². The van der Waals surface area contributed by atoms with Crippen LogP contribution in [-0.2, 0) is 18.9 Å². The topological polar surface area (TPSA) is 80.7 Å². The summed E-state index contributed by atoms with van der Waals surface area (Å²) in [7, 11) is -0.728. The molecular weight excluding hydrogens is 159 g/mol. The summed E-state index contributed by atoms with van der Waals surface area (Å²) in [5.41, 5.74) is 0. The van der Waals surface area contributed by atoms with Crippen molar-refractivity contribution in [3.8, 4) is 0 Å². The van der Waals surface area contributed by atoms with Gasteiger partial charge in [-0.2, -0.15) is 0 Å². The van der Waals surface area contributed by atoms with Gasteiger partial charge in [-0.05, 0) is 0 Å². The van der Waals surface area contributed by atoms with Crippen molar-refractivity contribution < 1.29 is 24.0 Å². The highest BCUT2D eigenvalue weighted by atomic mass is 31.1. The Morgan fingerprint density at radius 1 is 1.60 bits per heavy atom. The van der Waals surface area contributed by atoms with Crippen molar-refractivity contribution in [3.05, 3.63) is 0 Å². The number of hydrogen-bond acceptors (Lipinski definition) is 4. The molecule has 0 aliphatic rings. The number of rotatable bonds is 3. The van der Waals surface area contributed by atoms with Crippen LogP contribution >= 0.6 is 8.46 Å². The zero-order chi connectivity index (χ0) is 8.15. The molecule has 0 spiro atoms. The van der Waals surface area contributed by atoms with Crippen LogP contribution in [0.4, 0.5) is 0 Å². The van der Waals surface area contributed by atoms with E-state index < -0.39 is 26.2 Å². The Balaban J connectivity index is 3.96. The Hall–Kier alpha value is -0.960. The molecule has 1 unspecified atom stereocenters. The first kappa shape index (κ1) is 9.04. The Morgan fingerprint density at radius 3 is 2.20 bits per heavy atom. The fourth-order valence-corrected chi connectivity index (χ4v) is 0.556. The maximum atomic E-state index is 10.1. The summed E-state index contributed by atoms with van der Waals surface area (Å²) >= 11 is 0. The molecule has 0 radical (unpaired) electrons. The van der Waals surface area contributed by atoms with Gasteiger partial charge in [-0.3, -0.25) is 9.36 Å². The molecule has 0 aliphatic carbocycles. The third-order valence-corrected chi connectivity index (χ3v) is 1.10. The minimum Gasteiger partial charge on any atom is -0.478 e. The van der Waals surface area contributed by atoms with Gasteiger partial charge in [0.25, 0.3) is 5.85 Å². The Kier molecular flexibility index (Phi) is 3.57. The molecule has 0 amide bonds. The van der Waals surface area contributed by atoms with E-state index in [2.05, 4.69) is 4.74 Å². The molecule has 0 rings (SSSR count). The largest absolute Gasteiger partial charge is 0.478 e. The molecule has 56 valence electrons. The molecule has 0 aromatic rings. The van der Waals surface area contributed by atoms with Crippen molar-refractivity contribution in [2.45, 2.75) is 12.8 Å². The van der Waals surface area contributed by atoms with Gasteiger partial charge in [-0.1, -0.05) is 0 Å². The second-order valence-corrected chi connectivity index (χ2v) is 2.09. The van der Waals surface area contributed by atoms with Crippen molar-refractivity contribution in [2.75, 3.05) is 0 Å². The number of aliphatic carboxylic acids is 1. The fourth-order valence-electron chi connectivity index (χ4n) is 0.274. The van der Waals surface area contributed by atoms with Gasteiger partial charge in [0.15, 0.2) is 0 Å². The van der Waals surface area contributed by atoms with Crippen LogP contribution in [0, 0.1) is 0 Å². The van der Waals surface area contributed by atoms with Crippen LogP contribution in [0.25, 0.3) is 0 Å². The standard InChI is InChI=1S/C4H5O5P/c1-2(5)9-4(10-8)3(6)7/h4H,1H3,(H,6,7). The monoisotopic (exact) mass is 164 g/mol. The summed E-state index contributed by atoms with van der Waals surface area (Å²) in [6.45, 7) is 1.04. The first-order valence-corrected chi connectivity index (χ1v) is 3.18. The predicted octanol–water partition coefficient (Wildman–Crippen LogP) is 0.252. The molecule has 1 atom stereocenters. The lowest BCUT2D eigenvalue weighted by molar-refractivity contribution is -0.156. The van der Waals surface area contributed by atoms with E-state index in [1.54, 1.807) is 0 Å². The highest BCUT2D eigenvalue weighted by Crippen LogP contribution is 2.07. The van der Waals surface area contributed by atoms with Gasteiger partial charge in [0.2, 0.25) is 8.46 Å². The van der Waals surface area contributed by atoms with Gasteiger partial charge in [-0.25, -0.2) is 4.79 Å². The second-order valence-electron chi connectivity index (χ2n) is 1.41. The summed E-state index contributed by atoms with van der Waals surface area (Å²) in [4.78, 5) is 20.1. The maximum absolute atomic E-state index is 10.1. The molecule has 1 N–H and O–H groups in total. The average Bonchev–Trinajstić information content (AvgIpc) is 1.81. The highest BCUT2D eigenvalue weighted by molar-refractivity contribution is 7.26. The van der Waals surface area contributed by atoms with Gasteiger partial charge in [0.1, 0.15) is 0 Å². The maximum Gasteiger partial charge on any atom is 0.357 e. The van der Waals surface area contributed by atoms with Crippen molar-refractivity contribution in [1.82, 2.24) is 0 Å².